The van der Waals surface area contributed by atoms with Crippen LogP contribution in [0, 0.1) is 17.2 Å². The third kappa shape index (κ3) is 3.09. The number of nitrogens with one attached hydrogen (secondary N) is 1. The van der Waals surface area contributed by atoms with Gasteiger partial charge in [0.1, 0.15) is 0 Å². The minimum atomic E-state index is 0.244. The van der Waals surface area contributed by atoms with E-state index in [-0.39, 0.29) is 5.92 Å². The van der Waals surface area contributed by atoms with Crippen LogP contribution >= 0.6 is 0 Å². The van der Waals surface area contributed by atoms with E-state index in [1.807, 2.05) is 0 Å². The zero-order chi connectivity index (χ0) is 11.2. The second-order valence-electron chi connectivity index (χ2n) is 5.13. The van der Waals surface area contributed by atoms with Crippen LogP contribution in [-0.4, -0.2) is 12.1 Å². The van der Waals surface area contributed by atoms with Crippen molar-refractivity contribution in [3.8, 4) is 6.07 Å². The summed E-state index contributed by atoms with van der Waals surface area (Å²) in [5.41, 5.74) is 0. The second kappa shape index (κ2) is 6.06. The minimum absolute atomic E-state index is 0.244. The molecule has 0 radical (unpaired) electrons. The summed E-state index contributed by atoms with van der Waals surface area (Å²) >= 11 is 0. The van der Waals surface area contributed by atoms with E-state index < -0.39 is 0 Å². The van der Waals surface area contributed by atoms with Crippen molar-refractivity contribution in [3.63, 3.8) is 0 Å². The molecule has 88 valence electrons. The Kier molecular flexibility index (Phi) is 4.42. The highest BCUT2D eigenvalue weighted by Gasteiger charge is 2.25. The number of rotatable bonds is 2. The molecule has 16 heavy (non-hydrogen) atoms. The quantitative estimate of drug-likeness (QED) is 0.571. The van der Waals surface area contributed by atoms with Crippen LogP contribution < -0.4 is 5.32 Å². The van der Waals surface area contributed by atoms with E-state index in [4.69, 9.17) is 0 Å². The minimum Gasteiger partial charge on any atom is -0.310 e. The molecule has 2 aliphatic carbocycles. The highest BCUT2D eigenvalue weighted by molar-refractivity contribution is 4.98. The molecule has 0 saturated heterocycles. The van der Waals surface area contributed by atoms with Crippen molar-refractivity contribution in [1.29, 1.82) is 5.26 Å². The van der Waals surface area contributed by atoms with Crippen molar-refractivity contribution in [3.05, 3.63) is 12.2 Å². The molecule has 0 bridgehead atoms. The van der Waals surface area contributed by atoms with Crippen molar-refractivity contribution in [2.75, 3.05) is 0 Å². The third-order valence-electron chi connectivity index (χ3n) is 3.90. The maximum Gasteiger partial charge on any atom is 0.0672 e. The van der Waals surface area contributed by atoms with E-state index in [0.717, 1.165) is 12.8 Å². The van der Waals surface area contributed by atoms with Crippen LogP contribution in [-0.2, 0) is 0 Å². The molecule has 1 fully saturated rings. The first-order chi connectivity index (χ1) is 7.90. The smallest absolute Gasteiger partial charge is 0.0672 e. The molecule has 0 aromatic carbocycles. The van der Waals surface area contributed by atoms with E-state index in [9.17, 15) is 5.26 Å². The van der Waals surface area contributed by atoms with Crippen LogP contribution in [0.5, 0.6) is 0 Å². The van der Waals surface area contributed by atoms with Gasteiger partial charge in [0.15, 0.2) is 0 Å². The number of hydrogen-bond donors (Lipinski definition) is 1. The molecule has 0 aliphatic heterocycles. The van der Waals surface area contributed by atoms with Gasteiger partial charge in [0.25, 0.3) is 0 Å². The lowest BCUT2D eigenvalue weighted by atomic mass is 9.93. The van der Waals surface area contributed by atoms with Gasteiger partial charge in [0, 0.05) is 12.1 Å². The molecule has 0 aromatic heterocycles. The maximum absolute atomic E-state index is 9.21. The van der Waals surface area contributed by atoms with Gasteiger partial charge < -0.3 is 5.32 Å². The molecule has 2 rings (SSSR count). The van der Waals surface area contributed by atoms with Crippen LogP contribution in [0.2, 0.25) is 0 Å². The normalized spacial score (nSPS) is 35.3. The molecule has 2 aliphatic rings. The van der Waals surface area contributed by atoms with Gasteiger partial charge in [-0.2, -0.15) is 5.26 Å². The predicted octanol–water partition coefficient (Wildman–Crippen LogP) is 3.16. The summed E-state index contributed by atoms with van der Waals surface area (Å²) in [4.78, 5) is 0. The zero-order valence-corrected chi connectivity index (χ0v) is 9.99. The Labute approximate surface area is 98.7 Å². The van der Waals surface area contributed by atoms with E-state index in [0.29, 0.717) is 12.1 Å². The molecule has 2 heteroatoms. The van der Waals surface area contributed by atoms with E-state index >= 15 is 0 Å². The molecular weight excluding hydrogens is 196 g/mol. The highest BCUT2D eigenvalue weighted by Crippen LogP contribution is 2.24. The Hall–Kier alpha value is -0.810. The van der Waals surface area contributed by atoms with E-state index in [1.165, 1.54) is 38.5 Å². The summed E-state index contributed by atoms with van der Waals surface area (Å²) in [6.45, 7) is 0. The van der Waals surface area contributed by atoms with Gasteiger partial charge >= 0.3 is 0 Å². The van der Waals surface area contributed by atoms with E-state index in [1.54, 1.807) is 0 Å². The van der Waals surface area contributed by atoms with Gasteiger partial charge in [-0.1, -0.05) is 31.4 Å². The van der Waals surface area contributed by atoms with Crippen LogP contribution in [0.1, 0.15) is 51.4 Å². The lowest BCUT2D eigenvalue weighted by Crippen LogP contribution is -2.42. The van der Waals surface area contributed by atoms with Gasteiger partial charge in [-0.25, -0.2) is 0 Å². The highest BCUT2D eigenvalue weighted by atomic mass is 15.0. The molecule has 1 N–H and O–H groups in total. The lowest BCUT2D eigenvalue weighted by Gasteiger charge is -2.28. The molecule has 3 unspecified atom stereocenters. The number of allylic oxidation sites excluding steroid dienone is 1. The van der Waals surface area contributed by atoms with Gasteiger partial charge in [0.2, 0.25) is 0 Å². The van der Waals surface area contributed by atoms with Crippen molar-refractivity contribution in [2.45, 2.75) is 63.5 Å². The molecule has 0 spiro atoms. The predicted molar refractivity (Wildman–Crippen MR) is 65.9 cm³/mol. The van der Waals surface area contributed by atoms with Crippen molar-refractivity contribution >= 4 is 0 Å². The Morgan fingerprint density at radius 1 is 1.06 bits per heavy atom. The number of nitriles is 1. The first kappa shape index (κ1) is 11.7. The van der Waals surface area contributed by atoms with Crippen LogP contribution in [0.3, 0.4) is 0 Å². The fourth-order valence-corrected chi connectivity index (χ4v) is 2.91. The van der Waals surface area contributed by atoms with Crippen molar-refractivity contribution < 1.29 is 0 Å². The molecular formula is C14H22N2. The topological polar surface area (TPSA) is 35.8 Å². The molecule has 0 aromatic rings. The van der Waals surface area contributed by atoms with Gasteiger partial charge in [-0.15, -0.1) is 0 Å². The van der Waals surface area contributed by atoms with Gasteiger partial charge in [-0.3, -0.25) is 0 Å². The summed E-state index contributed by atoms with van der Waals surface area (Å²) in [6, 6.07) is 3.57. The first-order valence-electron chi connectivity index (χ1n) is 6.71. The Bertz CT molecular complexity index is 277. The molecule has 1 saturated carbocycles. The van der Waals surface area contributed by atoms with Crippen LogP contribution in [0.15, 0.2) is 12.2 Å². The van der Waals surface area contributed by atoms with Crippen molar-refractivity contribution in [1.82, 2.24) is 5.32 Å². The molecule has 0 heterocycles. The Morgan fingerprint density at radius 2 is 1.94 bits per heavy atom. The molecule has 2 nitrogen and oxygen atoms in total. The van der Waals surface area contributed by atoms with Gasteiger partial charge in [-0.05, 0) is 32.1 Å². The molecule has 0 amide bonds. The first-order valence-corrected chi connectivity index (χ1v) is 6.71. The second-order valence-corrected chi connectivity index (χ2v) is 5.13. The summed E-state index contributed by atoms with van der Waals surface area (Å²) in [6.07, 6.45) is 14.3. The van der Waals surface area contributed by atoms with Crippen molar-refractivity contribution in [2.24, 2.45) is 5.92 Å². The third-order valence-corrected chi connectivity index (χ3v) is 3.90. The maximum atomic E-state index is 9.21. The largest absolute Gasteiger partial charge is 0.310 e. The van der Waals surface area contributed by atoms with E-state index in [2.05, 4.69) is 23.5 Å². The van der Waals surface area contributed by atoms with Crippen LogP contribution in [0.25, 0.3) is 0 Å². The molecule has 3 atom stereocenters. The Morgan fingerprint density at radius 3 is 2.69 bits per heavy atom. The van der Waals surface area contributed by atoms with Crippen LogP contribution in [0.4, 0.5) is 0 Å². The fraction of sp³-hybridized carbons (Fsp3) is 0.786. The standard InChI is InChI=1S/C14H22N2/c15-11-12-7-3-1-6-10-14(12)16-13-8-4-2-5-9-13/h2,4,12-14,16H,1,3,5-10H2. The average molecular weight is 218 g/mol. The average Bonchev–Trinajstić information content (AvgIpc) is 2.55. The number of hydrogen-bond acceptors (Lipinski definition) is 2. The summed E-state index contributed by atoms with van der Waals surface area (Å²) in [5, 5.41) is 12.9. The fourth-order valence-electron chi connectivity index (χ4n) is 2.91. The summed E-state index contributed by atoms with van der Waals surface area (Å²) in [7, 11) is 0. The zero-order valence-electron chi connectivity index (χ0n) is 9.99. The lowest BCUT2D eigenvalue weighted by molar-refractivity contribution is 0.334. The number of nitrogens with zero attached hydrogens (tertiary/aromatic N) is 1. The Balaban J connectivity index is 1.89. The SMILES string of the molecule is N#CC1CCCCCC1NC1CC=CCC1. The summed E-state index contributed by atoms with van der Waals surface area (Å²) in [5.74, 6) is 0.244. The monoisotopic (exact) mass is 218 g/mol. The summed E-state index contributed by atoms with van der Waals surface area (Å²) < 4.78 is 0. The van der Waals surface area contributed by atoms with Gasteiger partial charge in [0.05, 0.1) is 12.0 Å².